The van der Waals surface area contributed by atoms with Gasteiger partial charge in [0.2, 0.25) is 11.8 Å². The zero-order chi connectivity index (χ0) is 21.0. The van der Waals surface area contributed by atoms with Gasteiger partial charge in [0.15, 0.2) is 0 Å². The number of amides is 1. The third kappa shape index (κ3) is 2.46. The van der Waals surface area contributed by atoms with Crippen LogP contribution < -0.4 is 15.2 Å². The number of methoxy groups -OCH3 is 2. The van der Waals surface area contributed by atoms with E-state index in [9.17, 15) is 4.79 Å². The molecular formula is C22H17FN4O3. The van der Waals surface area contributed by atoms with Gasteiger partial charge in [-0.15, -0.1) is 0 Å². The van der Waals surface area contributed by atoms with Crippen LogP contribution in [-0.2, 0) is 6.54 Å². The van der Waals surface area contributed by atoms with E-state index >= 15 is 4.39 Å². The Balaban J connectivity index is 1.75. The Morgan fingerprint density at radius 2 is 1.90 bits per heavy atom. The van der Waals surface area contributed by atoms with E-state index in [1.54, 1.807) is 23.1 Å². The van der Waals surface area contributed by atoms with Crippen molar-refractivity contribution in [2.45, 2.75) is 6.54 Å². The van der Waals surface area contributed by atoms with Crippen LogP contribution in [0.4, 0.5) is 10.1 Å². The van der Waals surface area contributed by atoms with Crippen molar-refractivity contribution in [3.8, 4) is 22.9 Å². The number of ether oxygens (including phenoxy) is 2. The summed E-state index contributed by atoms with van der Waals surface area (Å²) in [5.41, 5.74) is 9.32. The van der Waals surface area contributed by atoms with Crippen LogP contribution in [0.15, 0.2) is 48.2 Å². The number of fused-ring (bicyclic) bond motifs is 2. The molecule has 0 atom stereocenters. The average molecular weight is 404 g/mol. The fourth-order valence-corrected chi connectivity index (χ4v) is 3.80. The van der Waals surface area contributed by atoms with Crippen molar-refractivity contribution in [1.29, 1.82) is 0 Å². The van der Waals surface area contributed by atoms with E-state index in [4.69, 9.17) is 15.2 Å². The van der Waals surface area contributed by atoms with Crippen LogP contribution in [0.25, 0.3) is 22.0 Å². The van der Waals surface area contributed by atoms with Crippen molar-refractivity contribution >= 4 is 22.5 Å². The molecule has 1 aliphatic heterocycles. The average Bonchev–Trinajstić information content (AvgIpc) is 3.02. The first-order valence-corrected chi connectivity index (χ1v) is 9.23. The van der Waals surface area contributed by atoms with Crippen LogP contribution in [-0.4, -0.2) is 35.0 Å². The lowest BCUT2D eigenvalue weighted by atomic mass is 9.99. The molecule has 5 rings (SSSR count). The minimum Gasteiger partial charge on any atom is -0.481 e. The molecule has 1 aromatic carbocycles. The number of benzene rings is 1. The van der Waals surface area contributed by atoms with Crippen LogP contribution in [0.5, 0.6) is 11.8 Å². The minimum absolute atomic E-state index is 0.198. The van der Waals surface area contributed by atoms with Crippen molar-refractivity contribution in [2.24, 2.45) is 0 Å². The number of carbonyl (C=O) groups is 1. The molecule has 0 unspecified atom stereocenters. The second kappa shape index (κ2) is 6.55. The summed E-state index contributed by atoms with van der Waals surface area (Å²) in [6, 6.07) is 6.13. The number of carbonyl (C=O) groups excluding carboxylic acids is 1. The Labute approximate surface area is 171 Å². The van der Waals surface area contributed by atoms with Crippen LogP contribution >= 0.6 is 0 Å². The maximum Gasteiger partial charge on any atom is 0.262 e. The van der Waals surface area contributed by atoms with Gasteiger partial charge in [-0.3, -0.25) is 4.79 Å². The van der Waals surface area contributed by atoms with Gasteiger partial charge in [-0.05, 0) is 30.4 Å². The van der Waals surface area contributed by atoms with E-state index in [1.807, 2.05) is 18.2 Å². The maximum atomic E-state index is 15.0. The maximum absolute atomic E-state index is 15.0. The first kappa shape index (κ1) is 18.1. The molecule has 0 bridgehead atoms. The number of hydrogen-bond acceptors (Lipinski definition) is 6. The van der Waals surface area contributed by atoms with Crippen molar-refractivity contribution in [1.82, 2.24) is 14.9 Å². The summed E-state index contributed by atoms with van der Waals surface area (Å²) in [7, 11) is 2.94. The van der Waals surface area contributed by atoms with Gasteiger partial charge in [-0.2, -0.15) is 4.98 Å². The molecule has 30 heavy (non-hydrogen) atoms. The summed E-state index contributed by atoms with van der Waals surface area (Å²) >= 11 is 0. The molecule has 0 saturated heterocycles. The molecule has 2 aliphatic rings. The Bertz CT molecular complexity index is 1300. The number of nitrogens with two attached hydrogens (primary N) is 1. The molecule has 0 fully saturated rings. The van der Waals surface area contributed by atoms with Gasteiger partial charge >= 0.3 is 0 Å². The summed E-state index contributed by atoms with van der Waals surface area (Å²) in [5, 5.41) is 0.497. The van der Waals surface area contributed by atoms with Gasteiger partial charge < -0.3 is 20.1 Å². The highest BCUT2D eigenvalue weighted by molar-refractivity contribution is 6.12. The third-order valence-electron chi connectivity index (χ3n) is 5.34. The normalized spacial score (nSPS) is 14.6. The number of aromatic nitrogens is 2. The Morgan fingerprint density at radius 3 is 2.57 bits per heavy atom. The standard InChI is InChI=1S/C22H17FN4O3/c1-29-16-9-7-12(21(26-16)30-2)17-14(23)8-6-13-19(24)18-15(25-20(13)17)10-27(22(18)28)11-4-3-5-11/h3-9H,10H2,1-2H3,(H2,24,25). The molecule has 1 amide bonds. The monoisotopic (exact) mass is 404 g/mol. The summed E-state index contributed by atoms with van der Waals surface area (Å²) in [6.45, 7) is 0.276. The van der Waals surface area contributed by atoms with Crippen LogP contribution in [0, 0.1) is 5.82 Å². The number of allylic oxidation sites excluding steroid dienone is 3. The number of anilines is 1. The number of nitrogens with zero attached hydrogens (tertiary/aromatic N) is 3. The van der Waals surface area contributed by atoms with Crippen LogP contribution in [0.2, 0.25) is 0 Å². The van der Waals surface area contributed by atoms with Gasteiger partial charge in [0.05, 0.1) is 43.2 Å². The highest BCUT2D eigenvalue weighted by Crippen LogP contribution is 2.41. The molecule has 0 radical (unpaired) electrons. The third-order valence-corrected chi connectivity index (χ3v) is 5.34. The van der Waals surface area contributed by atoms with Crippen LogP contribution in [0.3, 0.4) is 0 Å². The summed E-state index contributed by atoms with van der Waals surface area (Å²) in [6.07, 6.45) is 5.55. The lowest BCUT2D eigenvalue weighted by Gasteiger charge is -2.19. The van der Waals surface area contributed by atoms with E-state index in [0.717, 1.165) is 5.70 Å². The van der Waals surface area contributed by atoms with Crippen molar-refractivity contribution in [3.05, 3.63) is 65.3 Å². The van der Waals surface area contributed by atoms with Gasteiger partial charge in [-0.1, -0.05) is 6.08 Å². The van der Waals surface area contributed by atoms with Crippen molar-refractivity contribution < 1.29 is 18.7 Å². The topological polar surface area (TPSA) is 90.6 Å². The predicted octanol–water partition coefficient (Wildman–Crippen LogP) is 3.44. The van der Waals surface area contributed by atoms with Gasteiger partial charge in [0.25, 0.3) is 5.91 Å². The van der Waals surface area contributed by atoms with Crippen molar-refractivity contribution in [2.75, 3.05) is 20.0 Å². The number of hydrogen-bond donors (Lipinski definition) is 1. The van der Waals surface area contributed by atoms with Gasteiger partial charge in [0.1, 0.15) is 5.82 Å². The number of pyridine rings is 2. The lowest BCUT2D eigenvalue weighted by Crippen LogP contribution is -2.24. The molecule has 0 saturated carbocycles. The first-order chi connectivity index (χ1) is 14.5. The molecule has 0 spiro atoms. The van der Waals surface area contributed by atoms with Gasteiger partial charge in [0, 0.05) is 28.3 Å². The summed E-state index contributed by atoms with van der Waals surface area (Å²) < 4.78 is 25.5. The second-order valence-electron chi connectivity index (χ2n) is 6.92. The molecule has 2 aromatic heterocycles. The minimum atomic E-state index is -0.495. The fourth-order valence-electron chi connectivity index (χ4n) is 3.80. The highest BCUT2D eigenvalue weighted by atomic mass is 19.1. The van der Waals surface area contributed by atoms with E-state index < -0.39 is 5.82 Å². The number of halogens is 1. The van der Waals surface area contributed by atoms with Gasteiger partial charge in [-0.25, -0.2) is 9.37 Å². The molecule has 8 heteroatoms. The second-order valence-corrected chi connectivity index (χ2v) is 6.92. The van der Waals surface area contributed by atoms with E-state index in [2.05, 4.69) is 9.97 Å². The molecular weight excluding hydrogens is 387 g/mol. The number of rotatable bonds is 4. The molecule has 2 N–H and O–H groups in total. The Morgan fingerprint density at radius 1 is 1.10 bits per heavy atom. The van der Waals surface area contributed by atoms with E-state index in [0.29, 0.717) is 33.6 Å². The first-order valence-electron chi connectivity index (χ1n) is 9.23. The zero-order valence-corrected chi connectivity index (χ0v) is 16.3. The quantitative estimate of drug-likeness (QED) is 0.716. The predicted molar refractivity (Wildman–Crippen MR) is 110 cm³/mol. The largest absolute Gasteiger partial charge is 0.481 e. The smallest absolute Gasteiger partial charge is 0.262 e. The molecule has 3 aromatic rings. The fraction of sp³-hybridized carbons (Fsp3) is 0.136. The molecule has 3 heterocycles. The lowest BCUT2D eigenvalue weighted by molar-refractivity contribution is 0.0831. The van der Waals surface area contributed by atoms with Crippen LogP contribution in [0.1, 0.15) is 16.1 Å². The Hall–Kier alpha value is -3.94. The molecule has 7 nitrogen and oxygen atoms in total. The SMILES string of the molecule is COc1ccc(-c2c(F)ccc3c(N)c4c(nc23)CN(C2=CC=C2)C4=O)c(OC)n1. The molecule has 150 valence electrons. The number of nitrogen functional groups attached to an aromatic ring is 1. The highest BCUT2D eigenvalue weighted by Gasteiger charge is 2.35. The zero-order valence-electron chi connectivity index (χ0n) is 16.3. The summed E-state index contributed by atoms with van der Waals surface area (Å²) in [5.74, 6) is -0.163. The Kier molecular flexibility index (Phi) is 3.95. The molecule has 1 aliphatic carbocycles. The van der Waals surface area contributed by atoms with E-state index in [-0.39, 0.29) is 29.6 Å². The summed E-state index contributed by atoms with van der Waals surface area (Å²) in [4.78, 5) is 23.4. The van der Waals surface area contributed by atoms with E-state index in [1.165, 1.54) is 20.3 Å². The van der Waals surface area contributed by atoms with Crippen molar-refractivity contribution in [3.63, 3.8) is 0 Å².